The van der Waals surface area contributed by atoms with Gasteiger partial charge in [0.25, 0.3) is 0 Å². The molecule has 15 heavy (non-hydrogen) atoms. The maximum Gasteiger partial charge on any atom is 0.191 e. The number of hydrogen-bond donors (Lipinski definition) is 2. The summed E-state index contributed by atoms with van der Waals surface area (Å²) < 4.78 is 19.1. The van der Waals surface area contributed by atoms with Gasteiger partial charge in [0.1, 0.15) is 12.2 Å². The highest BCUT2D eigenvalue weighted by atomic mass is 32.2. The second-order valence-electron chi connectivity index (χ2n) is 3.03. The summed E-state index contributed by atoms with van der Waals surface area (Å²) in [7, 11) is -5.23. The summed E-state index contributed by atoms with van der Waals surface area (Å²) in [6, 6.07) is 0. The van der Waals surface area contributed by atoms with Crippen LogP contribution in [0.2, 0.25) is 0 Å². The SMILES string of the molecule is CSC[C@H]1O[C@H](OP(=O)([O-])[O-])[C@@H](O)C1O. The number of phosphoric acid groups is 1. The molecule has 0 radical (unpaired) electrons. The van der Waals surface area contributed by atoms with E-state index in [-0.39, 0.29) is 0 Å². The highest BCUT2D eigenvalue weighted by Crippen LogP contribution is 2.34. The van der Waals surface area contributed by atoms with Crippen molar-refractivity contribution in [3.8, 4) is 0 Å². The topological polar surface area (TPSA) is 122 Å². The van der Waals surface area contributed by atoms with E-state index in [0.29, 0.717) is 5.75 Å². The molecule has 90 valence electrons. The first-order chi connectivity index (χ1) is 6.85. The molecule has 1 fully saturated rings. The minimum Gasteiger partial charge on any atom is -0.790 e. The third-order valence-corrected chi connectivity index (χ3v) is 3.01. The van der Waals surface area contributed by atoms with Crippen LogP contribution in [-0.4, -0.2) is 46.8 Å². The van der Waals surface area contributed by atoms with Crippen molar-refractivity contribution < 1.29 is 33.8 Å². The van der Waals surface area contributed by atoms with Crippen molar-refractivity contribution in [3.05, 3.63) is 0 Å². The van der Waals surface area contributed by atoms with Crippen molar-refractivity contribution in [2.45, 2.75) is 24.6 Å². The summed E-state index contributed by atoms with van der Waals surface area (Å²) in [6.45, 7) is 0. The zero-order valence-electron chi connectivity index (χ0n) is 7.81. The van der Waals surface area contributed by atoms with Gasteiger partial charge in [-0.3, -0.25) is 0 Å². The standard InChI is InChI=1S/C6H13O7PS/c1-15-2-3-4(7)5(8)6(12-3)13-14(9,10)11/h3-8H,2H2,1H3,(H2,9,10,11)/p-2/t3-,4?,5+,6-/m1/s1. The Morgan fingerprint density at radius 1 is 1.47 bits per heavy atom. The fourth-order valence-electron chi connectivity index (χ4n) is 1.23. The van der Waals surface area contributed by atoms with Crippen LogP contribution in [0.4, 0.5) is 0 Å². The van der Waals surface area contributed by atoms with Crippen LogP contribution >= 0.6 is 19.6 Å². The second-order valence-corrected chi connectivity index (χ2v) is 5.05. The molecule has 1 saturated heterocycles. The molecule has 0 amide bonds. The van der Waals surface area contributed by atoms with Crippen molar-refractivity contribution in [3.63, 3.8) is 0 Å². The monoisotopic (exact) mass is 258 g/mol. The molecule has 0 saturated carbocycles. The van der Waals surface area contributed by atoms with Gasteiger partial charge in [0, 0.05) is 5.75 Å². The van der Waals surface area contributed by atoms with E-state index in [1.807, 2.05) is 0 Å². The largest absolute Gasteiger partial charge is 0.790 e. The number of phosphoric ester groups is 1. The minimum absolute atomic E-state index is 0.361. The average molecular weight is 258 g/mol. The molecule has 7 nitrogen and oxygen atoms in total. The molecule has 2 N–H and O–H groups in total. The summed E-state index contributed by atoms with van der Waals surface area (Å²) >= 11 is 1.35. The molecule has 1 unspecified atom stereocenters. The average Bonchev–Trinajstić information content (AvgIpc) is 2.32. The molecule has 0 aromatic heterocycles. The molecular formula is C6H11O7PS-2. The van der Waals surface area contributed by atoms with Gasteiger partial charge in [0.15, 0.2) is 6.29 Å². The molecule has 0 aromatic rings. The van der Waals surface area contributed by atoms with E-state index in [1.165, 1.54) is 11.8 Å². The van der Waals surface area contributed by atoms with E-state index < -0.39 is 32.4 Å². The third kappa shape index (κ3) is 3.69. The molecule has 9 heteroatoms. The highest BCUT2D eigenvalue weighted by molar-refractivity contribution is 7.98. The molecule has 0 spiro atoms. The van der Waals surface area contributed by atoms with Gasteiger partial charge in [0.2, 0.25) is 0 Å². The summed E-state index contributed by atoms with van der Waals surface area (Å²) in [5, 5.41) is 18.7. The van der Waals surface area contributed by atoms with Gasteiger partial charge in [-0.1, -0.05) is 0 Å². The van der Waals surface area contributed by atoms with Crippen LogP contribution in [0.25, 0.3) is 0 Å². The lowest BCUT2D eigenvalue weighted by molar-refractivity contribution is -0.354. The first-order valence-corrected chi connectivity index (χ1v) is 6.91. The van der Waals surface area contributed by atoms with Crippen LogP contribution in [-0.2, 0) is 13.8 Å². The second kappa shape index (κ2) is 5.11. The van der Waals surface area contributed by atoms with Crippen molar-refractivity contribution in [1.29, 1.82) is 0 Å². The zero-order valence-corrected chi connectivity index (χ0v) is 9.52. The van der Waals surface area contributed by atoms with Crippen molar-refractivity contribution in [2.75, 3.05) is 12.0 Å². The van der Waals surface area contributed by atoms with Crippen LogP contribution in [0.15, 0.2) is 0 Å². The lowest BCUT2D eigenvalue weighted by Gasteiger charge is -2.32. The zero-order chi connectivity index (χ0) is 11.6. The van der Waals surface area contributed by atoms with Gasteiger partial charge in [-0.05, 0) is 6.26 Å². The molecule has 1 heterocycles. The van der Waals surface area contributed by atoms with E-state index in [0.717, 1.165) is 0 Å². The number of rotatable bonds is 4. The van der Waals surface area contributed by atoms with Crippen LogP contribution in [0.1, 0.15) is 0 Å². The molecule has 0 aliphatic carbocycles. The lowest BCUT2D eigenvalue weighted by atomic mass is 10.2. The Balaban J connectivity index is 2.59. The summed E-state index contributed by atoms with van der Waals surface area (Å²) in [6.07, 6.45) is -3.39. The molecule has 1 aliphatic heterocycles. The Labute approximate surface area is 90.6 Å². The van der Waals surface area contributed by atoms with Gasteiger partial charge in [-0.15, -0.1) is 0 Å². The molecular weight excluding hydrogens is 247 g/mol. The number of hydrogen-bond acceptors (Lipinski definition) is 8. The predicted octanol–water partition coefficient (Wildman–Crippen LogP) is -2.36. The molecule has 0 bridgehead atoms. The summed E-state index contributed by atoms with van der Waals surface area (Å²) in [4.78, 5) is 20.6. The van der Waals surface area contributed by atoms with E-state index in [1.54, 1.807) is 6.26 Å². The van der Waals surface area contributed by atoms with Gasteiger partial charge in [-0.25, -0.2) is 0 Å². The summed E-state index contributed by atoms with van der Waals surface area (Å²) in [5.41, 5.74) is 0. The fraction of sp³-hybridized carbons (Fsp3) is 1.00. The predicted molar refractivity (Wildman–Crippen MR) is 47.7 cm³/mol. The minimum atomic E-state index is -5.23. The van der Waals surface area contributed by atoms with Crippen LogP contribution < -0.4 is 9.79 Å². The first kappa shape index (κ1) is 13.4. The Kier molecular flexibility index (Phi) is 4.57. The Bertz CT molecular complexity index is 256. The number of ether oxygens (including phenoxy) is 1. The van der Waals surface area contributed by atoms with E-state index >= 15 is 0 Å². The van der Waals surface area contributed by atoms with Crippen molar-refractivity contribution in [2.24, 2.45) is 0 Å². The van der Waals surface area contributed by atoms with Gasteiger partial charge in [-0.2, -0.15) is 11.8 Å². The van der Waals surface area contributed by atoms with Gasteiger partial charge >= 0.3 is 0 Å². The number of aliphatic hydroxyl groups is 2. The Morgan fingerprint density at radius 2 is 2.07 bits per heavy atom. The van der Waals surface area contributed by atoms with Gasteiger partial charge in [0.05, 0.1) is 13.9 Å². The first-order valence-electron chi connectivity index (χ1n) is 4.06. The van der Waals surface area contributed by atoms with E-state index in [4.69, 9.17) is 4.74 Å². The lowest BCUT2D eigenvalue weighted by Crippen LogP contribution is -2.35. The van der Waals surface area contributed by atoms with Crippen molar-refractivity contribution >= 4 is 19.6 Å². The van der Waals surface area contributed by atoms with Crippen LogP contribution in [0, 0.1) is 0 Å². The van der Waals surface area contributed by atoms with Crippen LogP contribution in [0.3, 0.4) is 0 Å². The number of aliphatic hydroxyl groups excluding tert-OH is 2. The molecule has 4 atom stereocenters. The van der Waals surface area contributed by atoms with Crippen molar-refractivity contribution in [1.82, 2.24) is 0 Å². The number of thioether (sulfide) groups is 1. The van der Waals surface area contributed by atoms with E-state index in [2.05, 4.69) is 4.52 Å². The molecule has 1 aliphatic rings. The quantitative estimate of drug-likeness (QED) is 0.537. The molecule has 0 aromatic carbocycles. The molecule has 1 rings (SSSR count). The maximum absolute atomic E-state index is 10.3. The summed E-state index contributed by atoms with van der Waals surface area (Å²) in [5.74, 6) is 0.361. The smallest absolute Gasteiger partial charge is 0.191 e. The highest BCUT2D eigenvalue weighted by Gasteiger charge is 2.43. The van der Waals surface area contributed by atoms with Gasteiger partial charge < -0.3 is 33.8 Å². The third-order valence-electron chi connectivity index (χ3n) is 1.88. The Hall–Kier alpha value is 0.340. The van der Waals surface area contributed by atoms with E-state index in [9.17, 15) is 24.6 Å². The Morgan fingerprint density at radius 3 is 2.53 bits per heavy atom. The van der Waals surface area contributed by atoms with Crippen LogP contribution in [0.5, 0.6) is 0 Å². The normalized spacial score (nSPS) is 37.1. The maximum atomic E-state index is 10.3. The fourth-order valence-corrected chi connectivity index (χ4v) is 2.26.